The molecule has 0 aliphatic carbocycles. The molecule has 0 aromatic heterocycles. The molecule has 2 N–H and O–H groups in total. The number of sulfonamides is 1. The van der Waals surface area contributed by atoms with E-state index in [0.29, 0.717) is 5.69 Å². The molecule has 2 aromatic carbocycles. The van der Waals surface area contributed by atoms with Crippen molar-refractivity contribution < 1.29 is 12.8 Å². The highest BCUT2D eigenvalue weighted by Gasteiger charge is 2.27. The molecule has 0 amide bonds. The molecule has 0 aliphatic rings. The average Bonchev–Trinajstić information content (AvgIpc) is 2.37. The largest absolute Gasteiger partial charge is 0.398 e. The summed E-state index contributed by atoms with van der Waals surface area (Å²) in [5, 5.41) is 0. The predicted octanol–water partition coefficient (Wildman–Crippen LogP) is 2.54. The normalized spacial score (nSPS) is 11.3. The Bertz CT molecular complexity index is 724. The molecule has 0 saturated carbocycles. The van der Waals surface area contributed by atoms with Gasteiger partial charge >= 0.3 is 0 Å². The third-order valence-corrected chi connectivity index (χ3v) is 4.86. The molecule has 0 bridgehead atoms. The van der Waals surface area contributed by atoms with Crippen molar-refractivity contribution in [1.82, 2.24) is 0 Å². The molecule has 0 atom stereocenters. The number of nitrogens with two attached hydrogens (primary N) is 1. The van der Waals surface area contributed by atoms with Gasteiger partial charge in [-0.25, -0.2) is 12.8 Å². The van der Waals surface area contributed by atoms with Crippen molar-refractivity contribution in [2.45, 2.75) is 11.8 Å². The smallest absolute Gasteiger partial charge is 0.269 e. The molecule has 0 heterocycles. The second-order valence-electron chi connectivity index (χ2n) is 4.47. The quantitative estimate of drug-likeness (QED) is 0.885. The van der Waals surface area contributed by atoms with Crippen LogP contribution >= 0.6 is 0 Å². The van der Waals surface area contributed by atoms with Gasteiger partial charge in [0.05, 0.1) is 11.4 Å². The van der Waals surface area contributed by atoms with Gasteiger partial charge in [0.15, 0.2) is 0 Å². The highest BCUT2D eigenvalue weighted by Crippen LogP contribution is 2.28. The molecule has 2 rings (SSSR count). The summed E-state index contributed by atoms with van der Waals surface area (Å²) in [6, 6.07) is 10.7. The van der Waals surface area contributed by atoms with Crippen LogP contribution in [0.15, 0.2) is 47.4 Å². The van der Waals surface area contributed by atoms with E-state index in [1.165, 1.54) is 19.2 Å². The topological polar surface area (TPSA) is 63.4 Å². The van der Waals surface area contributed by atoms with Crippen LogP contribution in [-0.2, 0) is 10.0 Å². The predicted molar refractivity (Wildman–Crippen MR) is 77.6 cm³/mol. The first-order valence-corrected chi connectivity index (χ1v) is 7.37. The van der Waals surface area contributed by atoms with Crippen LogP contribution in [0.3, 0.4) is 0 Å². The Hall–Kier alpha value is -2.08. The van der Waals surface area contributed by atoms with E-state index in [0.717, 1.165) is 15.9 Å². The molecule has 4 nitrogen and oxygen atoms in total. The summed E-state index contributed by atoms with van der Waals surface area (Å²) in [5.74, 6) is -0.857. The average molecular weight is 294 g/mol. The highest BCUT2D eigenvalue weighted by molar-refractivity contribution is 7.93. The van der Waals surface area contributed by atoms with Gasteiger partial charge in [-0.1, -0.05) is 18.2 Å². The number of anilines is 2. The van der Waals surface area contributed by atoms with Crippen LogP contribution < -0.4 is 10.0 Å². The van der Waals surface area contributed by atoms with Crippen LogP contribution in [0.1, 0.15) is 5.56 Å². The Kier molecular flexibility index (Phi) is 3.67. The van der Waals surface area contributed by atoms with Gasteiger partial charge in [0.1, 0.15) is 10.7 Å². The van der Waals surface area contributed by atoms with Gasteiger partial charge in [-0.15, -0.1) is 0 Å². The zero-order valence-corrected chi connectivity index (χ0v) is 12.0. The molecule has 6 heteroatoms. The third kappa shape index (κ3) is 2.46. The van der Waals surface area contributed by atoms with Crippen LogP contribution in [0, 0.1) is 12.7 Å². The van der Waals surface area contributed by atoms with Gasteiger partial charge in [0, 0.05) is 7.05 Å². The Morgan fingerprint density at radius 2 is 1.80 bits per heavy atom. The van der Waals surface area contributed by atoms with E-state index in [1.54, 1.807) is 18.2 Å². The molecular formula is C14H15FN2O2S. The zero-order valence-electron chi connectivity index (χ0n) is 11.2. The second kappa shape index (κ2) is 5.13. The summed E-state index contributed by atoms with van der Waals surface area (Å²) < 4.78 is 39.8. The van der Waals surface area contributed by atoms with Crippen LogP contribution in [0.25, 0.3) is 0 Å². The monoisotopic (exact) mass is 294 g/mol. The second-order valence-corrected chi connectivity index (χ2v) is 6.38. The summed E-state index contributed by atoms with van der Waals surface area (Å²) in [5.41, 5.74) is 6.86. The molecular weight excluding hydrogens is 279 g/mol. The summed E-state index contributed by atoms with van der Waals surface area (Å²) >= 11 is 0. The van der Waals surface area contributed by atoms with Crippen molar-refractivity contribution in [2.24, 2.45) is 0 Å². The lowest BCUT2D eigenvalue weighted by Gasteiger charge is -2.21. The molecule has 0 fully saturated rings. The van der Waals surface area contributed by atoms with Crippen molar-refractivity contribution in [3.63, 3.8) is 0 Å². The Labute approximate surface area is 117 Å². The first-order valence-electron chi connectivity index (χ1n) is 5.93. The van der Waals surface area contributed by atoms with Crippen molar-refractivity contribution >= 4 is 21.4 Å². The lowest BCUT2D eigenvalue weighted by molar-refractivity contribution is 0.567. The summed E-state index contributed by atoms with van der Waals surface area (Å²) in [7, 11) is -2.67. The van der Waals surface area contributed by atoms with Gasteiger partial charge in [-0.3, -0.25) is 4.31 Å². The number of nitrogen functional groups attached to an aromatic ring is 1. The number of halogens is 1. The first-order chi connectivity index (χ1) is 9.34. The highest BCUT2D eigenvalue weighted by atomic mass is 32.2. The van der Waals surface area contributed by atoms with Gasteiger partial charge in [-0.05, 0) is 36.8 Å². The summed E-state index contributed by atoms with van der Waals surface area (Å²) in [6.45, 7) is 1.85. The number of benzene rings is 2. The Balaban J connectivity index is 2.56. The standard InChI is InChI=1S/C14H15FN2O2S/c1-10-5-3-6-11(9-10)17(2)20(18,19)14-12(15)7-4-8-13(14)16/h3-9H,16H2,1-2H3. The van der Waals surface area contributed by atoms with Crippen molar-refractivity contribution in [3.05, 3.63) is 53.8 Å². The minimum absolute atomic E-state index is 0.107. The van der Waals surface area contributed by atoms with E-state index < -0.39 is 20.7 Å². The van der Waals surface area contributed by atoms with Crippen molar-refractivity contribution in [3.8, 4) is 0 Å². The van der Waals surface area contributed by atoms with Crippen LogP contribution in [0.4, 0.5) is 15.8 Å². The minimum Gasteiger partial charge on any atom is -0.398 e. The van der Waals surface area contributed by atoms with E-state index in [9.17, 15) is 12.8 Å². The minimum atomic E-state index is -4.04. The maximum atomic E-state index is 13.8. The van der Waals surface area contributed by atoms with Crippen LogP contribution in [0.2, 0.25) is 0 Å². The van der Waals surface area contributed by atoms with E-state index in [4.69, 9.17) is 5.73 Å². The Morgan fingerprint density at radius 3 is 2.40 bits per heavy atom. The van der Waals surface area contributed by atoms with Gasteiger partial charge in [0.2, 0.25) is 0 Å². The van der Waals surface area contributed by atoms with Crippen LogP contribution in [-0.4, -0.2) is 15.5 Å². The molecule has 20 heavy (non-hydrogen) atoms. The SMILES string of the molecule is Cc1cccc(N(C)S(=O)(=O)c2c(N)cccc2F)c1. The fourth-order valence-electron chi connectivity index (χ4n) is 1.90. The number of hydrogen-bond donors (Lipinski definition) is 1. The number of rotatable bonds is 3. The number of hydrogen-bond acceptors (Lipinski definition) is 3. The molecule has 0 unspecified atom stereocenters. The molecule has 106 valence electrons. The maximum absolute atomic E-state index is 13.8. The van der Waals surface area contributed by atoms with Gasteiger partial charge in [0.25, 0.3) is 10.0 Å². The summed E-state index contributed by atoms with van der Waals surface area (Å²) in [4.78, 5) is -0.496. The lowest BCUT2D eigenvalue weighted by Crippen LogP contribution is -2.28. The third-order valence-electron chi connectivity index (χ3n) is 2.98. The van der Waals surface area contributed by atoms with Crippen molar-refractivity contribution in [2.75, 3.05) is 17.1 Å². The number of nitrogens with zero attached hydrogens (tertiary/aromatic N) is 1. The Morgan fingerprint density at radius 1 is 1.15 bits per heavy atom. The zero-order chi connectivity index (χ0) is 14.9. The fourth-order valence-corrected chi connectivity index (χ4v) is 3.24. The van der Waals surface area contributed by atoms with Gasteiger partial charge < -0.3 is 5.73 Å². The maximum Gasteiger partial charge on any atom is 0.269 e. The van der Waals surface area contributed by atoms with Crippen LogP contribution in [0.5, 0.6) is 0 Å². The first kappa shape index (κ1) is 14.3. The van der Waals surface area contributed by atoms with Gasteiger partial charge in [-0.2, -0.15) is 0 Å². The van der Waals surface area contributed by atoms with Crippen molar-refractivity contribution in [1.29, 1.82) is 0 Å². The molecule has 2 aromatic rings. The fraction of sp³-hybridized carbons (Fsp3) is 0.143. The molecule has 0 radical (unpaired) electrons. The van der Waals surface area contributed by atoms with E-state index >= 15 is 0 Å². The summed E-state index contributed by atoms with van der Waals surface area (Å²) in [6.07, 6.45) is 0. The lowest BCUT2D eigenvalue weighted by atomic mass is 10.2. The number of aryl methyl sites for hydroxylation is 1. The van der Waals surface area contributed by atoms with E-state index in [-0.39, 0.29) is 5.69 Å². The van der Waals surface area contributed by atoms with E-state index in [2.05, 4.69) is 0 Å². The molecule has 0 spiro atoms. The molecule has 0 saturated heterocycles. The molecule has 0 aliphatic heterocycles. The van der Waals surface area contributed by atoms with E-state index in [1.807, 2.05) is 13.0 Å².